The van der Waals surface area contributed by atoms with Crippen LogP contribution < -0.4 is 0 Å². The van der Waals surface area contributed by atoms with Gasteiger partial charge in [-0.1, -0.05) is 12.1 Å². The second kappa shape index (κ2) is 6.20. The molecule has 2 fully saturated rings. The molecule has 5 nitrogen and oxygen atoms in total. The highest BCUT2D eigenvalue weighted by Crippen LogP contribution is 2.31. The smallest absolute Gasteiger partial charge is 0.245 e. The van der Waals surface area contributed by atoms with Crippen LogP contribution in [0, 0.1) is 0 Å². The molecule has 5 heteroatoms. The molecule has 2 aliphatic rings. The fourth-order valence-corrected chi connectivity index (χ4v) is 4.53. The van der Waals surface area contributed by atoms with Crippen LogP contribution in [0.3, 0.4) is 0 Å². The molecule has 1 aromatic heterocycles. The number of para-hydroxylation sites is 2. The van der Waals surface area contributed by atoms with Crippen LogP contribution >= 0.6 is 0 Å². The summed E-state index contributed by atoms with van der Waals surface area (Å²) in [5.74, 6) is 0.237. The molecule has 1 amide bonds. The summed E-state index contributed by atoms with van der Waals surface area (Å²) >= 11 is 0. The van der Waals surface area contributed by atoms with Crippen molar-refractivity contribution in [1.29, 1.82) is 0 Å². The normalized spacial score (nSPS) is 26.3. The fraction of sp³-hybridized carbons (Fsp3) is 0.579. The van der Waals surface area contributed by atoms with Crippen LogP contribution in [0.5, 0.6) is 0 Å². The molecule has 24 heavy (non-hydrogen) atoms. The molecule has 2 aliphatic heterocycles. The van der Waals surface area contributed by atoms with Crippen molar-refractivity contribution in [2.24, 2.45) is 0 Å². The number of likely N-dealkylation sites (N-methyl/N-ethyl adjacent to an activating group) is 1. The Morgan fingerprint density at radius 2 is 1.92 bits per heavy atom. The summed E-state index contributed by atoms with van der Waals surface area (Å²) in [6.07, 6.45) is 6.53. The van der Waals surface area contributed by atoms with E-state index in [9.17, 15) is 4.79 Å². The second-order valence-corrected chi connectivity index (χ2v) is 7.25. The van der Waals surface area contributed by atoms with Crippen molar-refractivity contribution in [2.45, 2.75) is 50.7 Å². The highest BCUT2D eigenvalue weighted by Gasteiger charge is 2.39. The summed E-state index contributed by atoms with van der Waals surface area (Å²) in [5, 5.41) is 0. The van der Waals surface area contributed by atoms with Gasteiger partial charge in [-0.2, -0.15) is 0 Å². The van der Waals surface area contributed by atoms with Crippen LogP contribution in [0.2, 0.25) is 0 Å². The van der Waals surface area contributed by atoms with Gasteiger partial charge in [-0.05, 0) is 58.3 Å². The Morgan fingerprint density at radius 3 is 2.71 bits per heavy atom. The number of likely N-dealkylation sites (tertiary alicyclic amines) is 2. The zero-order chi connectivity index (χ0) is 16.7. The van der Waals surface area contributed by atoms with Gasteiger partial charge < -0.3 is 14.4 Å². The molecular formula is C19H26N4O. The lowest BCUT2D eigenvalue weighted by molar-refractivity contribution is -0.136. The highest BCUT2D eigenvalue weighted by atomic mass is 16.2. The molecule has 2 saturated heterocycles. The van der Waals surface area contributed by atoms with Gasteiger partial charge in [-0.15, -0.1) is 0 Å². The van der Waals surface area contributed by atoms with Crippen LogP contribution in [0.15, 0.2) is 30.6 Å². The molecule has 1 aromatic carbocycles. The molecule has 3 atom stereocenters. The number of fused-ring (bicyclic) bond motifs is 1. The highest BCUT2D eigenvalue weighted by molar-refractivity contribution is 5.84. The Labute approximate surface area is 143 Å². The van der Waals surface area contributed by atoms with Crippen molar-refractivity contribution in [3.8, 4) is 0 Å². The maximum atomic E-state index is 13.2. The largest absolute Gasteiger partial charge is 0.336 e. The van der Waals surface area contributed by atoms with E-state index in [2.05, 4.69) is 21.8 Å². The number of hydrogen-bond donors (Lipinski definition) is 0. The Morgan fingerprint density at radius 1 is 1.17 bits per heavy atom. The van der Waals surface area contributed by atoms with Gasteiger partial charge in [0, 0.05) is 18.6 Å². The van der Waals surface area contributed by atoms with Gasteiger partial charge in [-0.3, -0.25) is 4.79 Å². The summed E-state index contributed by atoms with van der Waals surface area (Å²) in [4.78, 5) is 22.2. The Bertz CT molecular complexity index is 740. The average Bonchev–Trinajstić information content (AvgIpc) is 3.31. The molecule has 3 heterocycles. The molecule has 0 bridgehead atoms. The standard InChI is InChI=1S/C19H26N4O/c1-14(23-13-20-15-7-3-4-8-16(15)23)19(24)22-12-6-10-18(22)17-9-5-11-21(17)2/h3-4,7-8,13-14,17-18H,5-6,9-12H2,1-2H3/t14-,17+,18+/m1/s1. The van der Waals surface area contributed by atoms with Crippen molar-refractivity contribution >= 4 is 16.9 Å². The first-order chi connectivity index (χ1) is 11.7. The van der Waals surface area contributed by atoms with Crippen molar-refractivity contribution in [3.05, 3.63) is 30.6 Å². The monoisotopic (exact) mass is 326 g/mol. The van der Waals surface area contributed by atoms with Crippen LogP contribution in [-0.2, 0) is 4.79 Å². The average molecular weight is 326 g/mol. The van der Waals surface area contributed by atoms with E-state index in [1.807, 2.05) is 35.8 Å². The maximum Gasteiger partial charge on any atom is 0.245 e. The molecule has 0 unspecified atom stereocenters. The minimum atomic E-state index is -0.204. The predicted molar refractivity (Wildman–Crippen MR) is 94.8 cm³/mol. The van der Waals surface area contributed by atoms with E-state index in [-0.39, 0.29) is 11.9 Å². The topological polar surface area (TPSA) is 41.4 Å². The van der Waals surface area contributed by atoms with Crippen LogP contribution in [0.25, 0.3) is 11.0 Å². The summed E-state index contributed by atoms with van der Waals surface area (Å²) in [5.41, 5.74) is 1.98. The van der Waals surface area contributed by atoms with E-state index in [1.165, 1.54) is 12.8 Å². The van der Waals surface area contributed by atoms with Gasteiger partial charge >= 0.3 is 0 Å². The van der Waals surface area contributed by atoms with E-state index in [0.717, 1.165) is 37.0 Å². The number of rotatable bonds is 3. The molecule has 0 N–H and O–H groups in total. The number of hydrogen-bond acceptors (Lipinski definition) is 3. The summed E-state index contributed by atoms with van der Waals surface area (Å²) < 4.78 is 2.02. The van der Waals surface area contributed by atoms with Gasteiger partial charge in [0.15, 0.2) is 0 Å². The molecule has 0 saturated carbocycles. The summed E-state index contributed by atoms with van der Waals surface area (Å²) in [7, 11) is 2.20. The van der Waals surface area contributed by atoms with Crippen LogP contribution in [0.4, 0.5) is 0 Å². The molecule has 0 aliphatic carbocycles. The number of amides is 1. The summed E-state index contributed by atoms with van der Waals surface area (Å²) in [6.45, 7) is 4.06. The van der Waals surface area contributed by atoms with Crippen LogP contribution in [-0.4, -0.2) is 57.5 Å². The fourth-order valence-electron chi connectivity index (χ4n) is 4.53. The maximum absolute atomic E-state index is 13.2. The first-order valence-electron chi connectivity index (χ1n) is 9.09. The third kappa shape index (κ3) is 2.51. The quantitative estimate of drug-likeness (QED) is 0.871. The minimum Gasteiger partial charge on any atom is -0.336 e. The van der Waals surface area contributed by atoms with Gasteiger partial charge in [0.1, 0.15) is 6.04 Å². The van der Waals surface area contributed by atoms with E-state index >= 15 is 0 Å². The van der Waals surface area contributed by atoms with Crippen molar-refractivity contribution in [1.82, 2.24) is 19.4 Å². The third-order valence-electron chi connectivity index (χ3n) is 5.86. The lowest BCUT2D eigenvalue weighted by Gasteiger charge is -2.34. The number of carbonyl (C=O) groups excluding carboxylic acids is 1. The number of aromatic nitrogens is 2. The molecular weight excluding hydrogens is 300 g/mol. The zero-order valence-electron chi connectivity index (χ0n) is 14.6. The lowest BCUT2D eigenvalue weighted by atomic mass is 10.0. The SMILES string of the molecule is C[C@H](C(=O)N1CCC[C@H]1[C@@H]1CCCN1C)n1cnc2ccccc21. The number of imidazole rings is 1. The predicted octanol–water partition coefficient (Wildman–Crippen LogP) is 2.68. The Hall–Kier alpha value is -1.88. The molecule has 2 aromatic rings. The van der Waals surface area contributed by atoms with E-state index in [0.29, 0.717) is 12.1 Å². The molecule has 0 spiro atoms. The van der Waals surface area contributed by atoms with Crippen molar-refractivity contribution in [2.75, 3.05) is 20.1 Å². The van der Waals surface area contributed by atoms with Gasteiger partial charge in [0.25, 0.3) is 0 Å². The number of carbonyl (C=O) groups is 1. The van der Waals surface area contributed by atoms with E-state index in [1.54, 1.807) is 6.33 Å². The van der Waals surface area contributed by atoms with Crippen LogP contribution in [0.1, 0.15) is 38.6 Å². The Kier molecular flexibility index (Phi) is 4.04. The lowest BCUT2D eigenvalue weighted by Crippen LogP contribution is -2.48. The van der Waals surface area contributed by atoms with E-state index < -0.39 is 0 Å². The first kappa shape index (κ1) is 15.6. The minimum absolute atomic E-state index is 0.204. The Balaban J connectivity index is 1.58. The molecule has 4 rings (SSSR count). The van der Waals surface area contributed by atoms with Crippen molar-refractivity contribution in [3.63, 3.8) is 0 Å². The number of benzene rings is 1. The number of nitrogens with zero attached hydrogens (tertiary/aromatic N) is 4. The second-order valence-electron chi connectivity index (χ2n) is 7.25. The van der Waals surface area contributed by atoms with Gasteiger partial charge in [-0.25, -0.2) is 4.98 Å². The third-order valence-corrected chi connectivity index (χ3v) is 5.86. The van der Waals surface area contributed by atoms with Gasteiger partial charge in [0.05, 0.1) is 17.4 Å². The summed E-state index contributed by atoms with van der Waals surface area (Å²) in [6, 6.07) is 8.73. The van der Waals surface area contributed by atoms with Gasteiger partial charge in [0.2, 0.25) is 5.91 Å². The molecule has 0 radical (unpaired) electrons. The van der Waals surface area contributed by atoms with E-state index in [4.69, 9.17) is 0 Å². The first-order valence-corrected chi connectivity index (χ1v) is 9.09. The van der Waals surface area contributed by atoms with Crippen molar-refractivity contribution < 1.29 is 4.79 Å². The zero-order valence-corrected chi connectivity index (χ0v) is 14.6. The molecule has 128 valence electrons.